The normalized spacial score (nSPS) is 23.9. The molecule has 19 heavy (non-hydrogen) atoms. The maximum Gasteiger partial charge on any atom is 0.00682 e. The van der Waals surface area contributed by atoms with Crippen LogP contribution in [0.1, 0.15) is 43.6 Å². The molecular formula is C17H26N2. The lowest BCUT2D eigenvalue weighted by Crippen LogP contribution is -2.23. The van der Waals surface area contributed by atoms with Crippen LogP contribution in [-0.2, 0) is 0 Å². The van der Waals surface area contributed by atoms with Gasteiger partial charge in [-0.15, -0.1) is 0 Å². The average molecular weight is 258 g/mol. The van der Waals surface area contributed by atoms with Gasteiger partial charge in [0, 0.05) is 12.6 Å². The monoisotopic (exact) mass is 258 g/mol. The van der Waals surface area contributed by atoms with Gasteiger partial charge in [-0.25, -0.2) is 0 Å². The molecule has 2 aliphatic rings. The van der Waals surface area contributed by atoms with E-state index in [0.717, 1.165) is 12.0 Å². The van der Waals surface area contributed by atoms with Crippen molar-refractivity contribution in [2.75, 3.05) is 26.2 Å². The van der Waals surface area contributed by atoms with Gasteiger partial charge in [-0.3, -0.25) is 0 Å². The average Bonchev–Trinajstić information content (AvgIpc) is 3.16. The van der Waals surface area contributed by atoms with Crippen LogP contribution in [-0.4, -0.2) is 37.1 Å². The predicted octanol–water partition coefficient (Wildman–Crippen LogP) is 3.01. The highest BCUT2D eigenvalue weighted by Crippen LogP contribution is 2.26. The minimum absolute atomic E-state index is 0.769. The van der Waals surface area contributed by atoms with Crippen LogP contribution in [0.15, 0.2) is 30.3 Å². The van der Waals surface area contributed by atoms with E-state index >= 15 is 0 Å². The molecule has 1 N–H and O–H groups in total. The molecule has 104 valence electrons. The smallest absolute Gasteiger partial charge is 0.00682 e. The van der Waals surface area contributed by atoms with Crippen LogP contribution in [0.25, 0.3) is 0 Å². The molecule has 1 atom stereocenters. The molecule has 1 saturated carbocycles. The summed E-state index contributed by atoms with van der Waals surface area (Å²) in [5.41, 5.74) is 1.53. The summed E-state index contributed by atoms with van der Waals surface area (Å²) < 4.78 is 0. The highest BCUT2D eigenvalue weighted by Gasteiger charge is 2.23. The van der Waals surface area contributed by atoms with Crippen LogP contribution in [0.2, 0.25) is 0 Å². The fourth-order valence-electron chi connectivity index (χ4n) is 3.09. The predicted molar refractivity (Wildman–Crippen MR) is 80.5 cm³/mol. The lowest BCUT2D eigenvalue weighted by molar-refractivity contribution is 0.325. The van der Waals surface area contributed by atoms with Gasteiger partial charge in [-0.05, 0) is 63.2 Å². The van der Waals surface area contributed by atoms with Crippen molar-refractivity contribution in [2.24, 2.45) is 0 Å². The summed E-state index contributed by atoms with van der Waals surface area (Å²) in [5.74, 6) is 0.769. The second kappa shape index (κ2) is 6.53. The number of unbranched alkanes of at least 4 members (excludes halogenated alkanes) is 1. The zero-order valence-electron chi connectivity index (χ0n) is 11.9. The molecule has 0 aromatic heterocycles. The SMILES string of the molecule is c1ccc(C2CCN(CCCCNC3CC3)C2)cc1. The second-order valence-corrected chi connectivity index (χ2v) is 6.13. The first-order valence-electron chi connectivity index (χ1n) is 7.92. The van der Waals surface area contributed by atoms with Crippen LogP contribution in [0, 0.1) is 0 Å². The minimum Gasteiger partial charge on any atom is -0.314 e. The van der Waals surface area contributed by atoms with Crippen molar-refractivity contribution >= 4 is 0 Å². The molecule has 0 radical (unpaired) electrons. The van der Waals surface area contributed by atoms with Crippen molar-refractivity contribution in [3.05, 3.63) is 35.9 Å². The van der Waals surface area contributed by atoms with Crippen molar-refractivity contribution < 1.29 is 0 Å². The third-order valence-corrected chi connectivity index (χ3v) is 4.45. The summed E-state index contributed by atoms with van der Waals surface area (Å²) in [5, 5.41) is 3.60. The Morgan fingerprint density at radius 1 is 1.05 bits per heavy atom. The fraction of sp³-hybridized carbons (Fsp3) is 0.647. The third kappa shape index (κ3) is 4.05. The Balaban J connectivity index is 1.32. The van der Waals surface area contributed by atoms with E-state index < -0.39 is 0 Å². The van der Waals surface area contributed by atoms with E-state index in [1.165, 1.54) is 63.8 Å². The topological polar surface area (TPSA) is 15.3 Å². The molecule has 2 fully saturated rings. The Bertz CT molecular complexity index is 372. The molecule has 1 aromatic rings. The number of rotatable bonds is 7. The van der Waals surface area contributed by atoms with Crippen molar-refractivity contribution in [2.45, 2.75) is 44.1 Å². The molecule has 0 amide bonds. The van der Waals surface area contributed by atoms with Gasteiger partial charge in [0.25, 0.3) is 0 Å². The molecule has 3 rings (SSSR count). The Kier molecular flexibility index (Phi) is 4.52. The standard InChI is InChI=1S/C17H26N2/c1-2-6-15(7-3-1)16-10-13-19(14-16)12-5-4-11-18-17-8-9-17/h1-3,6-7,16-18H,4-5,8-14H2. The summed E-state index contributed by atoms with van der Waals surface area (Å²) in [6.07, 6.45) is 6.84. The van der Waals surface area contributed by atoms with Gasteiger partial charge >= 0.3 is 0 Å². The summed E-state index contributed by atoms with van der Waals surface area (Å²) in [7, 11) is 0. The molecule has 0 spiro atoms. The van der Waals surface area contributed by atoms with E-state index in [0.29, 0.717) is 0 Å². The van der Waals surface area contributed by atoms with E-state index in [1.807, 2.05) is 0 Å². The number of benzene rings is 1. The number of hydrogen-bond donors (Lipinski definition) is 1. The Labute approximate surface area is 117 Å². The van der Waals surface area contributed by atoms with Crippen molar-refractivity contribution in [3.63, 3.8) is 0 Å². The van der Waals surface area contributed by atoms with Gasteiger partial charge in [-0.1, -0.05) is 30.3 Å². The van der Waals surface area contributed by atoms with Gasteiger partial charge in [0.1, 0.15) is 0 Å². The Morgan fingerprint density at radius 2 is 1.89 bits per heavy atom. The molecule has 1 aliphatic carbocycles. The number of likely N-dealkylation sites (tertiary alicyclic amines) is 1. The summed E-state index contributed by atoms with van der Waals surface area (Å²) in [6, 6.07) is 11.9. The van der Waals surface area contributed by atoms with Crippen molar-refractivity contribution in [3.8, 4) is 0 Å². The zero-order chi connectivity index (χ0) is 12.9. The van der Waals surface area contributed by atoms with Gasteiger partial charge in [0.2, 0.25) is 0 Å². The van der Waals surface area contributed by atoms with Crippen molar-refractivity contribution in [1.29, 1.82) is 0 Å². The van der Waals surface area contributed by atoms with E-state index in [1.54, 1.807) is 0 Å². The van der Waals surface area contributed by atoms with E-state index in [2.05, 4.69) is 40.5 Å². The largest absolute Gasteiger partial charge is 0.314 e. The van der Waals surface area contributed by atoms with Gasteiger partial charge in [0.15, 0.2) is 0 Å². The van der Waals surface area contributed by atoms with Gasteiger partial charge < -0.3 is 10.2 Å². The zero-order valence-corrected chi connectivity index (χ0v) is 11.9. The van der Waals surface area contributed by atoms with Crippen LogP contribution >= 0.6 is 0 Å². The molecule has 1 saturated heterocycles. The van der Waals surface area contributed by atoms with Gasteiger partial charge in [0.05, 0.1) is 0 Å². The first-order chi connectivity index (χ1) is 9.42. The molecule has 2 nitrogen and oxygen atoms in total. The molecule has 1 heterocycles. The Hall–Kier alpha value is -0.860. The Morgan fingerprint density at radius 3 is 2.68 bits per heavy atom. The highest BCUT2D eigenvalue weighted by molar-refractivity contribution is 5.20. The van der Waals surface area contributed by atoms with E-state index in [9.17, 15) is 0 Å². The summed E-state index contributed by atoms with van der Waals surface area (Å²) in [4.78, 5) is 2.65. The lowest BCUT2D eigenvalue weighted by atomic mass is 9.99. The van der Waals surface area contributed by atoms with Crippen LogP contribution in [0.3, 0.4) is 0 Å². The molecular weight excluding hydrogens is 232 g/mol. The summed E-state index contributed by atoms with van der Waals surface area (Å²) in [6.45, 7) is 5.06. The molecule has 1 aliphatic heterocycles. The first kappa shape index (κ1) is 13.1. The molecule has 0 bridgehead atoms. The molecule has 1 unspecified atom stereocenters. The highest BCUT2D eigenvalue weighted by atomic mass is 15.1. The van der Waals surface area contributed by atoms with Crippen LogP contribution < -0.4 is 5.32 Å². The molecule has 1 aromatic carbocycles. The minimum atomic E-state index is 0.769. The number of hydrogen-bond acceptors (Lipinski definition) is 2. The van der Waals surface area contributed by atoms with E-state index in [-0.39, 0.29) is 0 Å². The maximum absolute atomic E-state index is 3.60. The van der Waals surface area contributed by atoms with Crippen LogP contribution in [0.4, 0.5) is 0 Å². The van der Waals surface area contributed by atoms with Crippen LogP contribution in [0.5, 0.6) is 0 Å². The summed E-state index contributed by atoms with van der Waals surface area (Å²) >= 11 is 0. The van der Waals surface area contributed by atoms with E-state index in [4.69, 9.17) is 0 Å². The lowest BCUT2D eigenvalue weighted by Gasteiger charge is -2.16. The van der Waals surface area contributed by atoms with Gasteiger partial charge in [-0.2, -0.15) is 0 Å². The quantitative estimate of drug-likeness (QED) is 0.756. The maximum atomic E-state index is 3.60. The molecule has 2 heteroatoms. The second-order valence-electron chi connectivity index (χ2n) is 6.13. The first-order valence-corrected chi connectivity index (χ1v) is 7.92. The third-order valence-electron chi connectivity index (χ3n) is 4.45. The number of nitrogens with zero attached hydrogens (tertiary/aromatic N) is 1. The van der Waals surface area contributed by atoms with Crippen molar-refractivity contribution in [1.82, 2.24) is 10.2 Å². The number of nitrogens with one attached hydrogen (secondary N) is 1. The fourth-order valence-corrected chi connectivity index (χ4v) is 3.09.